The van der Waals surface area contributed by atoms with Gasteiger partial charge >= 0.3 is 5.97 Å². The number of hydrogen-bond acceptors (Lipinski definition) is 3. The number of aromatic nitrogens is 1. The standard InChI is InChI=1S/C17H12ClNO3/c1-22-14-8-7-12(18)16-15(14)11(17(20)21)9-13(19-16)10-5-3-2-4-6-10/h2-9H,1H3,(H,20,21). The van der Waals surface area contributed by atoms with Crippen molar-refractivity contribution in [2.75, 3.05) is 7.11 Å². The molecule has 0 radical (unpaired) electrons. The Hall–Kier alpha value is -2.59. The molecular weight excluding hydrogens is 302 g/mol. The molecule has 0 unspecified atom stereocenters. The minimum absolute atomic E-state index is 0.114. The zero-order chi connectivity index (χ0) is 15.7. The van der Waals surface area contributed by atoms with Crippen LogP contribution < -0.4 is 4.74 Å². The second-order valence-electron chi connectivity index (χ2n) is 4.70. The molecule has 1 N–H and O–H groups in total. The summed E-state index contributed by atoms with van der Waals surface area (Å²) in [6.45, 7) is 0. The summed E-state index contributed by atoms with van der Waals surface area (Å²) in [7, 11) is 1.49. The molecule has 0 saturated carbocycles. The highest BCUT2D eigenvalue weighted by Gasteiger charge is 2.18. The molecule has 5 heteroatoms. The van der Waals surface area contributed by atoms with Crippen LogP contribution in [-0.4, -0.2) is 23.2 Å². The smallest absolute Gasteiger partial charge is 0.336 e. The monoisotopic (exact) mass is 313 g/mol. The van der Waals surface area contributed by atoms with E-state index < -0.39 is 5.97 Å². The molecule has 2 aromatic carbocycles. The molecule has 3 rings (SSSR count). The molecule has 1 aromatic heterocycles. The van der Waals surface area contributed by atoms with Crippen LogP contribution in [0.3, 0.4) is 0 Å². The van der Waals surface area contributed by atoms with Crippen LogP contribution in [0.15, 0.2) is 48.5 Å². The Labute approximate surface area is 131 Å². The number of carboxylic acid groups (broad SMARTS) is 1. The quantitative estimate of drug-likeness (QED) is 0.784. The Balaban J connectivity index is 2.40. The largest absolute Gasteiger partial charge is 0.496 e. The van der Waals surface area contributed by atoms with E-state index in [0.717, 1.165) is 5.56 Å². The minimum Gasteiger partial charge on any atom is -0.496 e. The van der Waals surface area contributed by atoms with Gasteiger partial charge in [0, 0.05) is 5.56 Å². The molecule has 0 fully saturated rings. The summed E-state index contributed by atoms with van der Waals surface area (Å²) in [5, 5.41) is 10.3. The van der Waals surface area contributed by atoms with Gasteiger partial charge in [0.1, 0.15) is 5.75 Å². The van der Waals surface area contributed by atoms with Crippen molar-refractivity contribution in [1.82, 2.24) is 4.98 Å². The SMILES string of the molecule is COc1ccc(Cl)c2nc(-c3ccccc3)cc(C(=O)O)c12. The summed E-state index contributed by atoms with van der Waals surface area (Å²) in [5.74, 6) is -0.617. The van der Waals surface area contributed by atoms with Crippen LogP contribution in [0, 0.1) is 0 Å². The van der Waals surface area contributed by atoms with E-state index in [1.54, 1.807) is 18.2 Å². The van der Waals surface area contributed by atoms with Crippen LogP contribution in [0.4, 0.5) is 0 Å². The lowest BCUT2D eigenvalue weighted by Gasteiger charge is -2.11. The Kier molecular flexibility index (Phi) is 3.69. The zero-order valence-corrected chi connectivity index (χ0v) is 12.5. The third-order valence-corrected chi connectivity index (χ3v) is 3.70. The summed E-state index contributed by atoms with van der Waals surface area (Å²) >= 11 is 6.21. The van der Waals surface area contributed by atoms with Crippen molar-refractivity contribution in [3.05, 3.63) is 59.1 Å². The molecule has 3 aromatic rings. The van der Waals surface area contributed by atoms with Gasteiger partial charge < -0.3 is 9.84 Å². The fraction of sp³-hybridized carbons (Fsp3) is 0.0588. The highest BCUT2D eigenvalue weighted by atomic mass is 35.5. The molecule has 0 aliphatic heterocycles. The molecule has 0 spiro atoms. The topological polar surface area (TPSA) is 59.4 Å². The van der Waals surface area contributed by atoms with E-state index in [-0.39, 0.29) is 5.56 Å². The lowest BCUT2D eigenvalue weighted by atomic mass is 10.0. The van der Waals surface area contributed by atoms with Gasteiger partial charge in [-0.05, 0) is 18.2 Å². The van der Waals surface area contributed by atoms with E-state index in [4.69, 9.17) is 16.3 Å². The first kappa shape index (κ1) is 14.4. The number of halogens is 1. The Morgan fingerprint density at radius 1 is 1.18 bits per heavy atom. The molecular formula is C17H12ClNO3. The van der Waals surface area contributed by atoms with Gasteiger partial charge in [-0.1, -0.05) is 41.9 Å². The third kappa shape index (κ3) is 2.38. The maximum absolute atomic E-state index is 11.7. The first-order valence-corrected chi connectivity index (χ1v) is 6.95. The number of aromatic carboxylic acids is 1. The van der Waals surface area contributed by atoms with Crippen molar-refractivity contribution in [2.45, 2.75) is 0 Å². The van der Waals surface area contributed by atoms with E-state index >= 15 is 0 Å². The number of methoxy groups -OCH3 is 1. The summed E-state index contributed by atoms with van der Waals surface area (Å²) in [4.78, 5) is 16.2. The summed E-state index contributed by atoms with van der Waals surface area (Å²) in [5.41, 5.74) is 1.91. The molecule has 4 nitrogen and oxygen atoms in total. The lowest BCUT2D eigenvalue weighted by Crippen LogP contribution is -2.02. The van der Waals surface area contributed by atoms with Gasteiger partial charge in [-0.25, -0.2) is 9.78 Å². The van der Waals surface area contributed by atoms with Crippen molar-refractivity contribution in [2.24, 2.45) is 0 Å². The molecule has 110 valence electrons. The van der Waals surface area contributed by atoms with Gasteiger partial charge in [0.05, 0.1) is 34.3 Å². The van der Waals surface area contributed by atoms with Crippen molar-refractivity contribution >= 4 is 28.5 Å². The fourth-order valence-corrected chi connectivity index (χ4v) is 2.57. The van der Waals surface area contributed by atoms with Crippen molar-refractivity contribution in [3.8, 4) is 17.0 Å². The van der Waals surface area contributed by atoms with Gasteiger partial charge in [-0.15, -0.1) is 0 Å². The Bertz CT molecular complexity index is 863. The average Bonchev–Trinajstić information content (AvgIpc) is 2.55. The molecule has 0 amide bonds. The summed E-state index contributed by atoms with van der Waals surface area (Å²) < 4.78 is 5.26. The number of fused-ring (bicyclic) bond motifs is 1. The van der Waals surface area contributed by atoms with E-state index in [2.05, 4.69) is 4.98 Å². The number of hydrogen-bond donors (Lipinski definition) is 1. The molecule has 0 saturated heterocycles. The summed E-state index contributed by atoms with van der Waals surface area (Å²) in [6, 6.07) is 14.2. The first-order chi connectivity index (χ1) is 10.6. The van der Waals surface area contributed by atoms with Gasteiger partial charge in [0.2, 0.25) is 0 Å². The predicted octanol–water partition coefficient (Wildman–Crippen LogP) is 4.26. The van der Waals surface area contributed by atoms with Crippen LogP contribution in [0.1, 0.15) is 10.4 Å². The minimum atomic E-state index is -1.05. The zero-order valence-electron chi connectivity index (χ0n) is 11.7. The Morgan fingerprint density at radius 2 is 1.91 bits per heavy atom. The number of nitrogens with zero attached hydrogens (tertiary/aromatic N) is 1. The summed E-state index contributed by atoms with van der Waals surface area (Å²) in [6.07, 6.45) is 0. The number of pyridine rings is 1. The van der Waals surface area contributed by atoms with Crippen LogP contribution in [0.2, 0.25) is 5.02 Å². The molecule has 1 heterocycles. The van der Waals surface area contributed by atoms with E-state index in [1.807, 2.05) is 30.3 Å². The average molecular weight is 314 g/mol. The van der Waals surface area contributed by atoms with Gasteiger partial charge in [0.25, 0.3) is 0 Å². The van der Waals surface area contributed by atoms with Crippen LogP contribution >= 0.6 is 11.6 Å². The van der Waals surface area contributed by atoms with E-state index in [9.17, 15) is 9.90 Å². The number of benzene rings is 2. The van der Waals surface area contributed by atoms with Crippen molar-refractivity contribution in [3.63, 3.8) is 0 Å². The Morgan fingerprint density at radius 3 is 2.55 bits per heavy atom. The van der Waals surface area contributed by atoms with Crippen LogP contribution in [0.25, 0.3) is 22.2 Å². The van der Waals surface area contributed by atoms with Gasteiger partial charge in [-0.3, -0.25) is 0 Å². The predicted molar refractivity (Wildman–Crippen MR) is 85.7 cm³/mol. The number of carbonyl (C=O) groups is 1. The van der Waals surface area contributed by atoms with E-state index in [0.29, 0.717) is 27.4 Å². The number of rotatable bonds is 3. The first-order valence-electron chi connectivity index (χ1n) is 6.58. The maximum atomic E-state index is 11.7. The molecule has 22 heavy (non-hydrogen) atoms. The third-order valence-electron chi connectivity index (χ3n) is 3.39. The van der Waals surface area contributed by atoms with E-state index in [1.165, 1.54) is 7.11 Å². The highest BCUT2D eigenvalue weighted by Crippen LogP contribution is 2.35. The van der Waals surface area contributed by atoms with Gasteiger partial charge in [-0.2, -0.15) is 0 Å². The molecule has 0 bridgehead atoms. The molecule has 0 aliphatic rings. The lowest BCUT2D eigenvalue weighted by molar-refractivity contribution is 0.0699. The number of ether oxygens (including phenoxy) is 1. The van der Waals surface area contributed by atoms with Crippen LogP contribution in [-0.2, 0) is 0 Å². The second-order valence-corrected chi connectivity index (χ2v) is 5.11. The van der Waals surface area contributed by atoms with Crippen molar-refractivity contribution < 1.29 is 14.6 Å². The normalized spacial score (nSPS) is 10.6. The van der Waals surface area contributed by atoms with Crippen LogP contribution in [0.5, 0.6) is 5.75 Å². The highest BCUT2D eigenvalue weighted by molar-refractivity contribution is 6.35. The number of carboxylic acids is 1. The second kappa shape index (κ2) is 5.66. The molecule has 0 atom stereocenters. The molecule has 0 aliphatic carbocycles. The fourth-order valence-electron chi connectivity index (χ4n) is 2.37. The van der Waals surface area contributed by atoms with Crippen molar-refractivity contribution in [1.29, 1.82) is 0 Å². The maximum Gasteiger partial charge on any atom is 0.336 e. The van der Waals surface area contributed by atoms with Gasteiger partial charge in [0.15, 0.2) is 0 Å².